The van der Waals surface area contributed by atoms with Crippen molar-refractivity contribution in [3.8, 4) is 0 Å². The van der Waals surface area contributed by atoms with Gasteiger partial charge in [-0.1, -0.05) is 0 Å². The normalized spacial score (nSPS) is 19.6. The summed E-state index contributed by atoms with van der Waals surface area (Å²) in [5.74, 6) is -5.16. The molecule has 1 amide bonds. The van der Waals surface area contributed by atoms with E-state index in [1.807, 2.05) is 0 Å². The van der Waals surface area contributed by atoms with Crippen molar-refractivity contribution in [2.45, 2.75) is 51.0 Å². The summed E-state index contributed by atoms with van der Waals surface area (Å²) in [6.45, 7) is 3.00. The van der Waals surface area contributed by atoms with Crippen LogP contribution in [0.3, 0.4) is 0 Å². The third kappa shape index (κ3) is 4.95. The highest BCUT2D eigenvalue weighted by molar-refractivity contribution is 5.85. The number of nitrogens with two attached hydrogens (primary N) is 1. The third-order valence-corrected chi connectivity index (χ3v) is 5.05. The Labute approximate surface area is 179 Å². The minimum Gasteiger partial charge on any atom is -0.331 e. The molecule has 0 saturated carbocycles. The van der Waals surface area contributed by atoms with Crippen LogP contribution in [-0.4, -0.2) is 38.2 Å². The molecule has 3 rings (SSSR count). The Hall–Kier alpha value is -2.34. The lowest BCUT2D eigenvalue weighted by Gasteiger charge is -2.38. The van der Waals surface area contributed by atoms with Gasteiger partial charge in [0.2, 0.25) is 11.7 Å². The third-order valence-electron chi connectivity index (χ3n) is 5.05. The van der Waals surface area contributed by atoms with E-state index in [2.05, 4.69) is 10.2 Å². The van der Waals surface area contributed by atoms with Crippen LogP contribution in [0.15, 0.2) is 12.1 Å². The van der Waals surface area contributed by atoms with E-state index in [0.29, 0.717) is 12.1 Å². The van der Waals surface area contributed by atoms with Gasteiger partial charge < -0.3 is 15.2 Å². The second-order valence-electron chi connectivity index (χ2n) is 7.35. The average molecular weight is 472 g/mol. The van der Waals surface area contributed by atoms with E-state index >= 15 is 0 Å². The van der Waals surface area contributed by atoms with Crippen molar-refractivity contribution in [3.63, 3.8) is 0 Å². The number of hydrogen-bond acceptors (Lipinski definition) is 4. The van der Waals surface area contributed by atoms with Crippen LogP contribution in [0.25, 0.3) is 0 Å². The Bertz CT molecular complexity index is 966. The molecule has 3 atom stereocenters. The number of carbonyl (C=O) groups is 1. The number of nitrogens with zero attached hydrogens (tertiary/aromatic N) is 4. The molecule has 1 aliphatic rings. The van der Waals surface area contributed by atoms with Crippen molar-refractivity contribution in [2.75, 3.05) is 6.54 Å². The maximum Gasteiger partial charge on any atom is 0.451 e. The van der Waals surface area contributed by atoms with Crippen LogP contribution < -0.4 is 5.73 Å². The zero-order valence-electron chi connectivity index (χ0n) is 16.5. The van der Waals surface area contributed by atoms with Gasteiger partial charge in [-0.3, -0.25) is 4.79 Å². The first-order valence-electron chi connectivity index (χ1n) is 9.10. The molecule has 0 unspecified atom stereocenters. The standard InChI is InChI=1S/C18H19F6N5O.ClH/c1-8-7-28(9(2)16-26-27-17(29(8)16)18(22,23)24)15(30)5-11(25)3-10-4-13(20)14(21)6-12(10)19;/h4,6,8-9,11H,3,5,7,25H2,1-2H3;1H/t8-,9-,11-;/m1./s1. The molecule has 1 aliphatic heterocycles. The van der Waals surface area contributed by atoms with E-state index in [1.165, 1.54) is 18.7 Å². The second-order valence-corrected chi connectivity index (χ2v) is 7.35. The molecule has 2 aromatic rings. The van der Waals surface area contributed by atoms with E-state index in [1.54, 1.807) is 0 Å². The molecule has 6 nitrogen and oxygen atoms in total. The first kappa shape index (κ1) is 24.9. The number of carbonyl (C=O) groups excluding carboxylic acids is 1. The van der Waals surface area contributed by atoms with Crippen LogP contribution in [0.5, 0.6) is 0 Å². The Kier molecular flexibility index (Phi) is 7.26. The molecule has 0 radical (unpaired) electrons. The number of aromatic nitrogens is 3. The number of benzene rings is 1. The summed E-state index contributed by atoms with van der Waals surface area (Å²) in [5, 5.41) is 6.83. The molecule has 2 N–H and O–H groups in total. The summed E-state index contributed by atoms with van der Waals surface area (Å²) in [6.07, 6.45) is -5.17. The van der Waals surface area contributed by atoms with Crippen molar-refractivity contribution in [2.24, 2.45) is 5.73 Å². The van der Waals surface area contributed by atoms with Gasteiger partial charge >= 0.3 is 6.18 Å². The number of hydrogen-bond donors (Lipinski definition) is 1. The predicted octanol–water partition coefficient (Wildman–Crippen LogP) is 3.56. The van der Waals surface area contributed by atoms with E-state index in [4.69, 9.17) is 5.73 Å². The SMILES string of the molecule is C[C@@H]1c2nnc(C(F)(F)F)n2[C@H](C)CN1C(=O)C[C@H](N)Cc1cc(F)c(F)cc1F.Cl. The minimum atomic E-state index is -4.68. The monoisotopic (exact) mass is 471 g/mol. The van der Waals surface area contributed by atoms with Crippen molar-refractivity contribution in [1.82, 2.24) is 19.7 Å². The fourth-order valence-electron chi connectivity index (χ4n) is 3.61. The Morgan fingerprint density at radius 2 is 1.77 bits per heavy atom. The molecule has 0 saturated heterocycles. The number of fused-ring (bicyclic) bond motifs is 1. The zero-order chi connectivity index (χ0) is 22.4. The van der Waals surface area contributed by atoms with Crippen molar-refractivity contribution < 1.29 is 31.1 Å². The van der Waals surface area contributed by atoms with E-state index in [9.17, 15) is 31.1 Å². The van der Waals surface area contributed by atoms with Gasteiger partial charge in [-0.05, 0) is 31.9 Å². The van der Waals surface area contributed by atoms with E-state index < -0.39 is 53.5 Å². The van der Waals surface area contributed by atoms with Crippen LogP contribution in [0.4, 0.5) is 26.3 Å². The number of amides is 1. The van der Waals surface area contributed by atoms with Crippen LogP contribution >= 0.6 is 12.4 Å². The first-order valence-corrected chi connectivity index (χ1v) is 9.10. The molecular formula is C18H20ClF6N5O. The fraction of sp³-hybridized carbons (Fsp3) is 0.500. The highest BCUT2D eigenvalue weighted by Crippen LogP contribution is 2.36. The van der Waals surface area contributed by atoms with Crippen molar-refractivity contribution in [3.05, 3.63) is 46.8 Å². The van der Waals surface area contributed by atoms with Gasteiger partial charge in [-0.25, -0.2) is 13.2 Å². The van der Waals surface area contributed by atoms with Crippen molar-refractivity contribution in [1.29, 1.82) is 0 Å². The van der Waals surface area contributed by atoms with Gasteiger partial charge in [0.25, 0.3) is 0 Å². The van der Waals surface area contributed by atoms with Gasteiger partial charge in [0.1, 0.15) is 5.82 Å². The largest absolute Gasteiger partial charge is 0.451 e. The number of rotatable bonds is 4. The first-order chi connectivity index (χ1) is 13.9. The molecular weight excluding hydrogens is 452 g/mol. The number of alkyl halides is 3. The summed E-state index contributed by atoms with van der Waals surface area (Å²) in [5.41, 5.74) is 5.72. The van der Waals surface area contributed by atoms with Crippen LogP contribution in [0.2, 0.25) is 0 Å². The lowest BCUT2D eigenvalue weighted by atomic mass is 10.0. The highest BCUT2D eigenvalue weighted by Gasteiger charge is 2.43. The second kappa shape index (κ2) is 9.03. The van der Waals surface area contributed by atoms with E-state index in [-0.39, 0.29) is 43.2 Å². The minimum absolute atomic E-state index is 0. The summed E-state index contributed by atoms with van der Waals surface area (Å²) in [7, 11) is 0. The summed E-state index contributed by atoms with van der Waals surface area (Å²) in [4.78, 5) is 14.0. The maximum absolute atomic E-state index is 13.8. The maximum atomic E-state index is 13.8. The smallest absolute Gasteiger partial charge is 0.331 e. The van der Waals surface area contributed by atoms with E-state index in [0.717, 1.165) is 4.57 Å². The lowest BCUT2D eigenvalue weighted by Crippen LogP contribution is -2.45. The molecule has 2 heterocycles. The topological polar surface area (TPSA) is 77.0 Å². The molecule has 0 bridgehead atoms. The van der Waals surface area contributed by atoms with Crippen LogP contribution in [-0.2, 0) is 17.4 Å². The Morgan fingerprint density at radius 1 is 1.16 bits per heavy atom. The fourth-order valence-corrected chi connectivity index (χ4v) is 3.61. The van der Waals surface area contributed by atoms with Gasteiger partial charge in [0.05, 0.1) is 12.1 Å². The molecule has 1 aromatic carbocycles. The Balaban J connectivity index is 0.00000341. The Morgan fingerprint density at radius 3 is 2.39 bits per heavy atom. The summed E-state index contributed by atoms with van der Waals surface area (Å²) in [6, 6.07) is -1.35. The molecule has 1 aromatic heterocycles. The molecule has 31 heavy (non-hydrogen) atoms. The number of halogens is 7. The van der Waals surface area contributed by atoms with Gasteiger partial charge in [0, 0.05) is 25.1 Å². The van der Waals surface area contributed by atoms with Crippen LogP contribution in [0.1, 0.15) is 49.6 Å². The predicted molar refractivity (Wildman–Crippen MR) is 99.7 cm³/mol. The summed E-state index contributed by atoms with van der Waals surface area (Å²) >= 11 is 0. The zero-order valence-corrected chi connectivity index (χ0v) is 17.3. The summed E-state index contributed by atoms with van der Waals surface area (Å²) < 4.78 is 80.5. The van der Waals surface area contributed by atoms with Crippen LogP contribution in [0, 0.1) is 17.5 Å². The molecule has 0 fully saturated rings. The average Bonchev–Trinajstić information content (AvgIpc) is 3.09. The van der Waals surface area contributed by atoms with Gasteiger partial charge in [-0.2, -0.15) is 13.2 Å². The van der Waals surface area contributed by atoms with Gasteiger partial charge in [-0.15, -0.1) is 22.6 Å². The molecule has 0 spiro atoms. The molecule has 0 aliphatic carbocycles. The lowest BCUT2D eigenvalue weighted by molar-refractivity contribution is -0.149. The highest BCUT2D eigenvalue weighted by atomic mass is 35.5. The molecule has 172 valence electrons. The van der Waals surface area contributed by atoms with Crippen molar-refractivity contribution >= 4 is 18.3 Å². The van der Waals surface area contributed by atoms with Gasteiger partial charge in [0.15, 0.2) is 17.5 Å². The quantitative estimate of drug-likeness (QED) is 0.546. The molecule has 13 heteroatoms.